The largest absolute Gasteiger partial charge is 0.411 e. The number of hydrogen-bond acceptors (Lipinski definition) is 5. The fraction of sp³-hybridized carbons (Fsp3) is 0.316. The molecule has 4 nitrogen and oxygen atoms in total. The normalized spacial score (nSPS) is 13.8. The van der Waals surface area contributed by atoms with Gasteiger partial charge in [0.1, 0.15) is 0 Å². The van der Waals surface area contributed by atoms with E-state index in [4.69, 9.17) is 0 Å². The van der Waals surface area contributed by atoms with Gasteiger partial charge in [-0.3, -0.25) is 0 Å². The van der Waals surface area contributed by atoms with Gasteiger partial charge in [-0.15, -0.1) is 0 Å². The second-order valence-corrected chi connectivity index (χ2v) is 7.30. The van der Waals surface area contributed by atoms with E-state index >= 15 is 0 Å². The van der Waals surface area contributed by atoms with Crippen molar-refractivity contribution < 1.29 is 5.21 Å². The maximum Gasteiger partial charge on any atom is 0.0858 e. The van der Waals surface area contributed by atoms with Crippen LogP contribution in [-0.2, 0) is 0 Å². The van der Waals surface area contributed by atoms with Gasteiger partial charge in [-0.1, -0.05) is 41.2 Å². The second kappa shape index (κ2) is 7.28. The van der Waals surface area contributed by atoms with E-state index in [-0.39, 0.29) is 0 Å². The molecule has 0 amide bonds. The third-order valence-electron chi connectivity index (χ3n) is 4.17. The highest BCUT2D eigenvalue weighted by molar-refractivity contribution is 7.99. The summed E-state index contributed by atoms with van der Waals surface area (Å²) in [6.45, 7) is 3.81. The maximum absolute atomic E-state index is 9.28. The van der Waals surface area contributed by atoms with Crippen LogP contribution in [0.3, 0.4) is 0 Å². The molecule has 0 fully saturated rings. The van der Waals surface area contributed by atoms with Crippen molar-refractivity contribution in [1.82, 2.24) is 4.90 Å². The molecule has 0 atom stereocenters. The summed E-state index contributed by atoms with van der Waals surface area (Å²) in [4.78, 5) is 7.05. The topological polar surface area (TPSA) is 39.1 Å². The molecule has 24 heavy (non-hydrogen) atoms. The molecule has 0 radical (unpaired) electrons. The molecule has 1 N–H and O–H groups in total. The van der Waals surface area contributed by atoms with Crippen LogP contribution < -0.4 is 4.90 Å². The van der Waals surface area contributed by atoms with Crippen LogP contribution in [0.4, 0.5) is 11.4 Å². The first kappa shape index (κ1) is 16.9. The number of fused-ring (bicyclic) bond motifs is 2. The van der Waals surface area contributed by atoms with E-state index in [2.05, 4.69) is 59.4 Å². The van der Waals surface area contributed by atoms with Gasteiger partial charge in [0.05, 0.1) is 17.1 Å². The van der Waals surface area contributed by atoms with Crippen molar-refractivity contribution in [2.75, 3.05) is 32.1 Å². The minimum atomic E-state index is 0.643. The lowest BCUT2D eigenvalue weighted by molar-refractivity contribution is 0.319. The van der Waals surface area contributed by atoms with Crippen LogP contribution in [0.15, 0.2) is 57.4 Å². The predicted molar refractivity (Wildman–Crippen MR) is 101 cm³/mol. The van der Waals surface area contributed by atoms with Crippen LogP contribution >= 0.6 is 11.8 Å². The van der Waals surface area contributed by atoms with Crippen LogP contribution in [0.25, 0.3) is 0 Å². The zero-order valence-electron chi connectivity index (χ0n) is 14.4. The molecule has 3 rings (SSSR count). The first-order valence-electron chi connectivity index (χ1n) is 8.13. The van der Waals surface area contributed by atoms with Gasteiger partial charge in [0.2, 0.25) is 0 Å². The Balaban J connectivity index is 2.06. The monoisotopic (exact) mass is 341 g/mol. The maximum atomic E-state index is 9.28. The first-order valence-corrected chi connectivity index (χ1v) is 8.94. The fourth-order valence-corrected chi connectivity index (χ4v) is 4.14. The quantitative estimate of drug-likeness (QED) is 0.496. The molecule has 0 unspecified atom stereocenters. The summed E-state index contributed by atoms with van der Waals surface area (Å²) in [7, 11) is 4.20. The Labute approximate surface area is 147 Å². The summed E-state index contributed by atoms with van der Waals surface area (Å²) in [5.41, 5.74) is 4.01. The van der Waals surface area contributed by atoms with Gasteiger partial charge in [-0.05, 0) is 52.2 Å². The standard InChI is InChI=1S/C19H23N3OS/c1-14(20-23)15-8-6-11-18-19(15)22(13-7-12-21(2)3)16-9-4-5-10-17(16)24-18/h4-6,8-11,23H,7,12-13H2,1-3H3/b20-14-. The molecular weight excluding hydrogens is 318 g/mol. The first-order chi connectivity index (χ1) is 11.6. The predicted octanol–water partition coefficient (Wildman–Crippen LogP) is 4.44. The van der Waals surface area contributed by atoms with Crippen molar-refractivity contribution in [3.05, 3.63) is 48.0 Å². The Kier molecular flexibility index (Phi) is 5.11. The van der Waals surface area contributed by atoms with Crippen LogP contribution in [0.5, 0.6) is 0 Å². The van der Waals surface area contributed by atoms with Crippen molar-refractivity contribution in [3.63, 3.8) is 0 Å². The highest BCUT2D eigenvalue weighted by Gasteiger charge is 2.26. The van der Waals surface area contributed by atoms with Gasteiger partial charge < -0.3 is 15.0 Å². The summed E-state index contributed by atoms with van der Waals surface area (Å²) in [5.74, 6) is 0. The molecule has 0 bridgehead atoms. The smallest absolute Gasteiger partial charge is 0.0858 e. The average Bonchev–Trinajstić information content (AvgIpc) is 2.59. The number of anilines is 2. The number of nitrogens with zero attached hydrogens (tertiary/aromatic N) is 3. The van der Waals surface area contributed by atoms with Crippen molar-refractivity contribution in [2.24, 2.45) is 5.16 Å². The summed E-state index contributed by atoms with van der Waals surface area (Å²) in [6.07, 6.45) is 1.06. The number of benzene rings is 2. The van der Waals surface area contributed by atoms with Crippen LogP contribution in [-0.4, -0.2) is 43.0 Å². The van der Waals surface area contributed by atoms with Gasteiger partial charge in [0.15, 0.2) is 0 Å². The van der Waals surface area contributed by atoms with E-state index in [9.17, 15) is 5.21 Å². The molecule has 0 aromatic heterocycles. The van der Waals surface area contributed by atoms with E-state index in [0.29, 0.717) is 5.71 Å². The minimum Gasteiger partial charge on any atom is -0.411 e. The zero-order chi connectivity index (χ0) is 17.1. The van der Waals surface area contributed by atoms with E-state index in [1.54, 1.807) is 11.8 Å². The van der Waals surface area contributed by atoms with Crippen molar-refractivity contribution in [3.8, 4) is 0 Å². The molecule has 0 saturated heterocycles. The van der Waals surface area contributed by atoms with Gasteiger partial charge in [0, 0.05) is 21.9 Å². The second-order valence-electron chi connectivity index (χ2n) is 6.22. The Morgan fingerprint density at radius 2 is 1.88 bits per heavy atom. The lowest BCUT2D eigenvalue weighted by Crippen LogP contribution is -2.26. The van der Waals surface area contributed by atoms with Gasteiger partial charge >= 0.3 is 0 Å². The van der Waals surface area contributed by atoms with E-state index in [1.807, 2.05) is 19.1 Å². The number of para-hydroxylation sites is 2. The molecule has 0 spiro atoms. The Morgan fingerprint density at radius 3 is 2.62 bits per heavy atom. The molecule has 0 aliphatic carbocycles. The summed E-state index contributed by atoms with van der Waals surface area (Å²) >= 11 is 1.78. The zero-order valence-corrected chi connectivity index (χ0v) is 15.2. The van der Waals surface area contributed by atoms with Crippen molar-refractivity contribution >= 4 is 28.8 Å². The van der Waals surface area contributed by atoms with E-state index < -0.39 is 0 Å². The highest BCUT2D eigenvalue weighted by atomic mass is 32.2. The molecular formula is C19H23N3OS. The van der Waals surface area contributed by atoms with E-state index in [0.717, 1.165) is 30.8 Å². The summed E-state index contributed by atoms with van der Waals surface area (Å²) < 4.78 is 0. The molecule has 1 aliphatic rings. The van der Waals surface area contributed by atoms with Crippen molar-refractivity contribution in [2.45, 2.75) is 23.1 Å². The Morgan fingerprint density at radius 1 is 1.12 bits per heavy atom. The molecule has 1 heterocycles. The Hall–Kier alpha value is -1.98. The van der Waals surface area contributed by atoms with Crippen LogP contribution in [0.2, 0.25) is 0 Å². The molecule has 2 aromatic rings. The average molecular weight is 341 g/mol. The fourth-order valence-electron chi connectivity index (χ4n) is 3.01. The summed E-state index contributed by atoms with van der Waals surface area (Å²) in [6, 6.07) is 14.7. The Bertz CT molecular complexity index is 758. The number of hydrogen-bond donors (Lipinski definition) is 1. The van der Waals surface area contributed by atoms with Gasteiger partial charge in [-0.2, -0.15) is 0 Å². The minimum absolute atomic E-state index is 0.643. The van der Waals surface area contributed by atoms with Crippen molar-refractivity contribution in [1.29, 1.82) is 0 Å². The lowest BCUT2D eigenvalue weighted by Gasteiger charge is -2.34. The lowest BCUT2D eigenvalue weighted by atomic mass is 10.1. The third-order valence-corrected chi connectivity index (χ3v) is 5.29. The molecule has 5 heteroatoms. The highest BCUT2D eigenvalue weighted by Crippen LogP contribution is 2.49. The van der Waals surface area contributed by atoms with Crippen LogP contribution in [0.1, 0.15) is 18.9 Å². The molecule has 1 aliphatic heterocycles. The summed E-state index contributed by atoms with van der Waals surface area (Å²) in [5, 5.41) is 12.7. The van der Waals surface area contributed by atoms with Gasteiger partial charge in [0.25, 0.3) is 0 Å². The van der Waals surface area contributed by atoms with Crippen LogP contribution in [0, 0.1) is 0 Å². The molecule has 0 saturated carbocycles. The number of rotatable bonds is 5. The number of oxime groups is 1. The SMILES string of the molecule is C/C(=N/O)c1cccc2c1N(CCCN(C)C)c1ccccc1S2. The van der Waals surface area contributed by atoms with E-state index in [1.165, 1.54) is 15.5 Å². The molecule has 126 valence electrons. The van der Waals surface area contributed by atoms with Gasteiger partial charge in [-0.25, -0.2) is 0 Å². The third kappa shape index (κ3) is 3.28. The molecule has 2 aromatic carbocycles.